The molecule has 5 heteroatoms. The maximum absolute atomic E-state index is 14.2. The molecule has 0 saturated carbocycles. The molecule has 0 saturated heterocycles. The summed E-state index contributed by atoms with van der Waals surface area (Å²) in [5, 5.41) is 9.31. The summed E-state index contributed by atoms with van der Waals surface area (Å²) in [5.41, 5.74) is -0.251. The number of hydrogen-bond donors (Lipinski definition) is 1. The monoisotopic (exact) mass is 304 g/mol. The number of ether oxygens (including phenoxy) is 2. The van der Waals surface area contributed by atoms with Crippen molar-refractivity contribution in [2.75, 3.05) is 19.8 Å². The van der Waals surface area contributed by atoms with Gasteiger partial charge in [-0.2, -0.15) is 0 Å². The molecule has 1 aromatic rings. The Bertz CT molecular complexity index is 446. The van der Waals surface area contributed by atoms with Crippen molar-refractivity contribution in [3.05, 3.63) is 21.9 Å². The summed E-state index contributed by atoms with van der Waals surface area (Å²) in [7, 11) is 0. The minimum Gasteiger partial charge on any atom is -0.486 e. The Labute approximate surface area is 108 Å². The number of aliphatic hydroxyl groups excluding tert-OH is 1. The van der Waals surface area contributed by atoms with E-state index >= 15 is 0 Å². The first kappa shape index (κ1) is 12.6. The van der Waals surface area contributed by atoms with Crippen molar-refractivity contribution in [1.82, 2.24) is 0 Å². The zero-order chi connectivity index (χ0) is 12.6. The second-order valence-corrected chi connectivity index (χ2v) is 5.41. The van der Waals surface area contributed by atoms with Gasteiger partial charge in [0.05, 0.1) is 11.1 Å². The summed E-state index contributed by atoms with van der Waals surface area (Å²) >= 11 is 3.18. The van der Waals surface area contributed by atoms with Crippen molar-refractivity contribution < 1.29 is 19.0 Å². The number of aliphatic hydroxyl groups is 1. The van der Waals surface area contributed by atoms with Gasteiger partial charge in [-0.1, -0.05) is 13.8 Å². The SMILES string of the molecule is CC(C)(CO)c1cc2c(c(Br)c1F)OCCO2. The van der Waals surface area contributed by atoms with Crippen LogP contribution in [-0.2, 0) is 5.41 Å². The van der Waals surface area contributed by atoms with Gasteiger partial charge in [-0.15, -0.1) is 0 Å². The zero-order valence-corrected chi connectivity index (χ0v) is 11.3. The Balaban J connectivity index is 2.59. The van der Waals surface area contributed by atoms with Crippen molar-refractivity contribution in [3.8, 4) is 11.5 Å². The predicted molar refractivity (Wildman–Crippen MR) is 65.2 cm³/mol. The lowest BCUT2D eigenvalue weighted by Crippen LogP contribution is -2.25. The summed E-state index contributed by atoms with van der Waals surface area (Å²) in [6, 6.07) is 1.60. The fraction of sp³-hybridized carbons (Fsp3) is 0.500. The third-order valence-corrected chi connectivity index (χ3v) is 3.55. The van der Waals surface area contributed by atoms with Crippen LogP contribution < -0.4 is 9.47 Å². The lowest BCUT2D eigenvalue weighted by molar-refractivity contribution is 0.167. The van der Waals surface area contributed by atoms with E-state index in [2.05, 4.69) is 15.9 Å². The number of rotatable bonds is 2. The van der Waals surface area contributed by atoms with Crippen molar-refractivity contribution in [1.29, 1.82) is 0 Å². The van der Waals surface area contributed by atoms with Crippen LogP contribution in [0.2, 0.25) is 0 Å². The molecule has 0 aromatic heterocycles. The molecule has 0 radical (unpaired) electrons. The Morgan fingerprint density at radius 1 is 1.41 bits per heavy atom. The van der Waals surface area contributed by atoms with Crippen LogP contribution in [0.4, 0.5) is 4.39 Å². The first-order chi connectivity index (χ1) is 7.97. The molecule has 3 nitrogen and oxygen atoms in total. The third kappa shape index (κ3) is 2.13. The van der Waals surface area contributed by atoms with Gasteiger partial charge in [-0.3, -0.25) is 0 Å². The average molecular weight is 305 g/mol. The van der Waals surface area contributed by atoms with E-state index < -0.39 is 11.2 Å². The van der Waals surface area contributed by atoms with E-state index in [4.69, 9.17) is 9.47 Å². The molecule has 17 heavy (non-hydrogen) atoms. The third-order valence-electron chi connectivity index (χ3n) is 2.84. The van der Waals surface area contributed by atoms with E-state index in [0.29, 0.717) is 30.3 Å². The summed E-state index contributed by atoms with van der Waals surface area (Å²) in [6.07, 6.45) is 0. The van der Waals surface area contributed by atoms with Gasteiger partial charge in [0.25, 0.3) is 0 Å². The highest BCUT2D eigenvalue weighted by atomic mass is 79.9. The van der Waals surface area contributed by atoms with E-state index in [1.807, 2.05) is 0 Å². The molecule has 1 aliphatic heterocycles. The maximum atomic E-state index is 14.2. The summed E-state index contributed by atoms with van der Waals surface area (Å²) < 4.78 is 25.2. The molecule has 0 unspecified atom stereocenters. The normalized spacial score (nSPS) is 14.9. The van der Waals surface area contributed by atoms with Gasteiger partial charge in [0, 0.05) is 11.0 Å². The molecule has 2 rings (SSSR count). The summed E-state index contributed by atoms with van der Waals surface area (Å²) in [5.74, 6) is 0.501. The van der Waals surface area contributed by atoms with Gasteiger partial charge in [0.15, 0.2) is 11.5 Å². The van der Waals surface area contributed by atoms with Crippen LogP contribution in [0, 0.1) is 5.82 Å². The maximum Gasteiger partial charge on any atom is 0.178 e. The van der Waals surface area contributed by atoms with E-state index in [1.54, 1.807) is 19.9 Å². The quantitative estimate of drug-likeness (QED) is 0.913. The molecule has 0 fully saturated rings. The molecule has 1 aromatic carbocycles. The largest absolute Gasteiger partial charge is 0.486 e. The lowest BCUT2D eigenvalue weighted by atomic mass is 9.85. The molecule has 94 valence electrons. The van der Waals surface area contributed by atoms with Crippen LogP contribution in [-0.4, -0.2) is 24.9 Å². The van der Waals surface area contributed by atoms with Gasteiger partial charge in [-0.05, 0) is 22.0 Å². The summed E-state index contributed by atoms with van der Waals surface area (Å²) in [4.78, 5) is 0. The van der Waals surface area contributed by atoms with Crippen molar-refractivity contribution in [2.45, 2.75) is 19.3 Å². The van der Waals surface area contributed by atoms with Gasteiger partial charge < -0.3 is 14.6 Å². The van der Waals surface area contributed by atoms with E-state index in [0.717, 1.165) is 0 Å². The molecule has 0 aliphatic carbocycles. The second kappa shape index (κ2) is 4.46. The number of hydrogen-bond acceptors (Lipinski definition) is 3. The van der Waals surface area contributed by atoms with E-state index in [-0.39, 0.29) is 11.1 Å². The molecule has 0 amide bonds. The first-order valence-corrected chi connectivity index (χ1v) is 6.15. The summed E-state index contributed by atoms with van der Waals surface area (Å²) in [6.45, 7) is 4.26. The van der Waals surface area contributed by atoms with E-state index in [1.165, 1.54) is 0 Å². The Morgan fingerprint density at radius 2 is 2.06 bits per heavy atom. The molecule has 1 heterocycles. The van der Waals surface area contributed by atoms with Crippen LogP contribution in [0.3, 0.4) is 0 Å². The molecular formula is C12H14BrFO3. The van der Waals surface area contributed by atoms with Gasteiger partial charge in [0.1, 0.15) is 19.0 Å². The average Bonchev–Trinajstić information content (AvgIpc) is 2.33. The fourth-order valence-electron chi connectivity index (χ4n) is 1.70. The van der Waals surface area contributed by atoms with Gasteiger partial charge in [0.2, 0.25) is 0 Å². The van der Waals surface area contributed by atoms with Crippen LogP contribution in [0.1, 0.15) is 19.4 Å². The molecule has 1 aliphatic rings. The number of fused-ring (bicyclic) bond motifs is 1. The highest BCUT2D eigenvalue weighted by molar-refractivity contribution is 9.10. The second-order valence-electron chi connectivity index (χ2n) is 4.62. The number of halogens is 2. The number of benzene rings is 1. The van der Waals surface area contributed by atoms with Crippen molar-refractivity contribution in [3.63, 3.8) is 0 Å². The van der Waals surface area contributed by atoms with Crippen LogP contribution in [0.5, 0.6) is 11.5 Å². The molecule has 0 atom stereocenters. The molecule has 0 spiro atoms. The van der Waals surface area contributed by atoms with Crippen LogP contribution in [0.25, 0.3) is 0 Å². The van der Waals surface area contributed by atoms with Gasteiger partial charge >= 0.3 is 0 Å². The van der Waals surface area contributed by atoms with Crippen LogP contribution >= 0.6 is 15.9 Å². The minimum absolute atomic E-state index is 0.143. The standard InChI is InChI=1S/C12H14BrFO3/c1-12(2,6-15)7-5-8-11(9(13)10(7)14)17-4-3-16-8/h5,15H,3-4,6H2,1-2H3. The van der Waals surface area contributed by atoms with E-state index in [9.17, 15) is 9.50 Å². The Morgan fingerprint density at radius 3 is 2.71 bits per heavy atom. The molecular weight excluding hydrogens is 291 g/mol. The smallest absolute Gasteiger partial charge is 0.178 e. The highest BCUT2D eigenvalue weighted by Crippen LogP contribution is 2.43. The van der Waals surface area contributed by atoms with Crippen molar-refractivity contribution >= 4 is 15.9 Å². The lowest BCUT2D eigenvalue weighted by Gasteiger charge is -2.27. The topological polar surface area (TPSA) is 38.7 Å². The minimum atomic E-state index is -0.664. The van der Waals surface area contributed by atoms with Gasteiger partial charge in [-0.25, -0.2) is 4.39 Å². The first-order valence-electron chi connectivity index (χ1n) is 5.36. The van der Waals surface area contributed by atoms with Crippen LogP contribution in [0.15, 0.2) is 10.5 Å². The van der Waals surface area contributed by atoms with Crippen molar-refractivity contribution in [2.24, 2.45) is 0 Å². The predicted octanol–water partition coefficient (Wildman–Crippen LogP) is 2.63. The molecule has 1 N–H and O–H groups in total. The Kier molecular flexibility index (Phi) is 3.32. The fourth-order valence-corrected chi connectivity index (χ4v) is 2.22. The highest BCUT2D eigenvalue weighted by Gasteiger charge is 2.29. The Hall–Kier alpha value is -0.810. The zero-order valence-electron chi connectivity index (χ0n) is 9.72. The molecule has 0 bridgehead atoms.